The fourth-order valence-electron chi connectivity index (χ4n) is 2.28. The van der Waals surface area contributed by atoms with Crippen molar-refractivity contribution in [3.63, 3.8) is 0 Å². The van der Waals surface area contributed by atoms with Crippen LogP contribution in [0, 0.1) is 11.3 Å². The van der Waals surface area contributed by atoms with Crippen LogP contribution in [0.3, 0.4) is 0 Å². The van der Waals surface area contributed by atoms with Gasteiger partial charge in [-0.2, -0.15) is 5.26 Å². The van der Waals surface area contributed by atoms with E-state index in [1.807, 2.05) is 12.1 Å². The maximum absolute atomic E-state index is 9.13. The van der Waals surface area contributed by atoms with Gasteiger partial charge < -0.3 is 4.42 Å². The molecule has 0 atom stereocenters. The van der Waals surface area contributed by atoms with Gasteiger partial charge in [-0.1, -0.05) is 20.8 Å². The first-order valence-electron chi connectivity index (χ1n) is 6.42. The Balaban J connectivity index is 2.31. The van der Waals surface area contributed by atoms with Crippen molar-refractivity contribution < 1.29 is 4.42 Å². The fraction of sp³-hybridized carbons (Fsp3) is 0.333. The number of rotatable bonds is 2. The zero-order chi connectivity index (χ0) is 14.3. The van der Waals surface area contributed by atoms with Crippen LogP contribution >= 0.6 is 11.3 Å². The summed E-state index contributed by atoms with van der Waals surface area (Å²) in [6.07, 6.45) is 1.95. The van der Waals surface area contributed by atoms with Crippen LogP contribution in [0.25, 0.3) is 16.4 Å². The molecule has 0 aliphatic carbocycles. The van der Waals surface area contributed by atoms with Crippen LogP contribution in [-0.4, -0.2) is 9.38 Å². The fourth-order valence-corrected chi connectivity index (χ4v) is 3.41. The van der Waals surface area contributed by atoms with Gasteiger partial charge in [0.1, 0.15) is 5.69 Å². The maximum Gasteiger partial charge on any atom is 0.194 e. The molecule has 3 aromatic heterocycles. The summed E-state index contributed by atoms with van der Waals surface area (Å²) in [5, 5.41) is 11.3. The van der Waals surface area contributed by atoms with Crippen molar-refractivity contribution in [1.82, 2.24) is 9.38 Å². The molecule has 0 fully saturated rings. The second kappa shape index (κ2) is 4.50. The van der Waals surface area contributed by atoms with Gasteiger partial charge in [-0.25, -0.2) is 4.98 Å². The average molecular weight is 285 g/mol. The molecule has 0 radical (unpaired) electrons. The van der Waals surface area contributed by atoms with Crippen molar-refractivity contribution in [2.45, 2.75) is 32.6 Å². The summed E-state index contributed by atoms with van der Waals surface area (Å²) in [7, 11) is 0. The highest BCUT2D eigenvalue weighted by molar-refractivity contribution is 7.15. The third kappa shape index (κ3) is 1.93. The molecule has 102 valence electrons. The van der Waals surface area contributed by atoms with Crippen LogP contribution in [0.2, 0.25) is 0 Å². The lowest BCUT2D eigenvalue weighted by atomic mass is 9.93. The Morgan fingerprint density at radius 2 is 2.25 bits per heavy atom. The Labute approximate surface area is 121 Å². The Hall–Kier alpha value is -2.06. The second-order valence-electron chi connectivity index (χ2n) is 5.71. The van der Waals surface area contributed by atoms with Gasteiger partial charge in [0.2, 0.25) is 0 Å². The minimum atomic E-state index is 0.00356. The van der Waals surface area contributed by atoms with E-state index in [0.717, 1.165) is 16.3 Å². The lowest BCUT2D eigenvalue weighted by molar-refractivity contribution is 0.561. The van der Waals surface area contributed by atoms with Crippen LogP contribution in [0.5, 0.6) is 0 Å². The Bertz CT molecular complexity index is 782. The lowest BCUT2D eigenvalue weighted by Gasteiger charge is -2.18. The summed E-state index contributed by atoms with van der Waals surface area (Å²) < 4.78 is 7.55. The van der Waals surface area contributed by atoms with E-state index in [1.165, 1.54) is 5.69 Å². The number of thiazole rings is 1. The smallest absolute Gasteiger partial charge is 0.194 e. The van der Waals surface area contributed by atoms with E-state index in [-0.39, 0.29) is 5.41 Å². The minimum Gasteiger partial charge on any atom is -0.463 e. The molecule has 0 N–H and O–H groups in total. The first-order chi connectivity index (χ1) is 9.52. The number of hydrogen-bond acceptors (Lipinski definition) is 4. The highest BCUT2D eigenvalue weighted by atomic mass is 32.1. The van der Waals surface area contributed by atoms with Crippen LogP contribution in [0.1, 0.15) is 32.2 Å². The number of aromatic nitrogens is 2. The first-order valence-corrected chi connectivity index (χ1v) is 7.30. The molecular weight excluding hydrogens is 270 g/mol. The van der Waals surface area contributed by atoms with Gasteiger partial charge >= 0.3 is 0 Å². The van der Waals surface area contributed by atoms with E-state index in [1.54, 1.807) is 17.6 Å². The van der Waals surface area contributed by atoms with Crippen LogP contribution in [0.4, 0.5) is 0 Å². The van der Waals surface area contributed by atoms with Gasteiger partial charge in [0, 0.05) is 16.5 Å². The predicted octanol–water partition coefficient (Wildman–Crippen LogP) is 4.02. The number of hydrogen-bond donors (Lipinski definition) is 0. The molecule has 0 bridgehead atoms. The van der Waals surface area contributed by atoms with Gasteiger partial charge in [0.05, 0.1) is 24.4 Å². The van der Waals surface area contributed by atoms with Gasteiger partial charge in [-0.15, -0.1) is 11.3 Å². The standard InChI is InChI=1S/C15H15N3OS/c1-15(2,3)12-9-20-14-17-13(11-5-4-8-19-11)10(6-7-16)18(12)14/h4-5,8-9H,6H2,1-3H3. The average Bonchev–Trinajstić information content (AvgIpc) is 3.03. The SMILES string of the molecule is CC(C)(C)c1csc2nc(-c3ccco3)c(CC#N)n12. The molecule has 0 saturated carbocycles. The predicted molar refractivity (Wildman–Crippen MR) is 78.8 cm³/mol. The zero-order valence-electron chi connectivity index (χ0n) is 11.7. The largest absolute Gasteiger partial charge is 0.463 e. The quantitative estimate of drug-likeness (QED) is 0.714. The molecule has 3 heterocycles. The van der Waals surface area contributed by atoms with E-state index < -0.39 is 0 Å². The Morgan fingerprint density at radius 1 is 1.45 bits per heavy atom. The van der Waals surface area contributed by atoms with Crippen LogP contribution in [0.15, 0.2) is 28.2 Å². The Morgan fingerprint density at radius 3 is 2.85 bits per heavy atom. The molecule has 0 aliphatic rings. The second-order valence-corrected chi connectivity index (χ2v) is 6.54. The summed E-state index contributed by atoms with van der Waals surface area (Å²) in [6.45, 7) is 6.49. The zero-order valence-corrected chi connectivity index (χ0v) is 12.5. The molecule has 3 aromatic rings. The third-order valence-corrected chi connectivity index (χ3v) is 4.05. The minimum absolute atomic E-state index is 0.00356. The first kappa shape index (κ1) is 12.9. The van der Waals surface area contributed by atoms with Crippen LogP contribution < -0.4 is 0 Å². The van der Waals surface area contributed by atoms with Crippen molar-refractivity contribution in [2.24, 2.45) is 0 Å². The van der Waals surface area contributed by atoms with Gasteiger partial charge in [-0.3, -0.25) is 4.40 Å². The normalized spacial score (nSPS) is 11.9. The summed E-state index contributed by atoms with van der Waals surface area (Å²) in [5.74, 6) is 0.714. The molecule has 0 unspecified atom stereocenters. The molecular formula is C15H15N3OS. The summed E-state index contributed by atoms with van der Waals surface area (Å²) in [5.41, 5.74) is 2.86. The monoisotopic (exact) mass is 285 g/mol. The molecule has 3 rings (SSSR count). The van der Waals surface area contributed by atoms with Gasteiger partial charge in [-0.05, 0) is 12.1 Å². The van der Waals surface area contributed by atoms with Crippen molar-refractivity contribution in [2.75, 3.05) is 0 Å². The Kier molecular flexibility index (Phi) is 2.91. The highest BCUT2D eigenvalue weighted by Gasteiger charge is 2.24. The molecule has 0 saturated heterocycles. The van der Waals surface area contributed by atoms with Gasteiger partial charge in [0.15, 0.2) is 10.7 Å². The van der Waals surface area contributed by atoms with Gasteiger partial charge in [0.25, 0.3) is 0 Å². The molecule has 0 aromatic carbocycles. The van der Waals surface area contributed by atoms with E-state index in [0.29, 0.717) is 12.2 Å². The van der Waals surface area contributed by atoms with E-state index >= 15 is 0 Å². The summed E-state index contributed by atoms with van der Waals surface area (Å²) in [4.78, 5) is 5.55. The number of imidazole rings is 1. The van der Waals surface area contributed by atoms with Crippen molar-refractivity contribution in [3.8, 4) is 17.5 Å². The molecule has 0 spiro atoms. The third-order valence-electron chi connectivity index (χ3n) is 3.23. The molecule has 0 aliphatic heterocycles. The molecule has 5 heteroatoms. The number of fused-ring (bicyclic) bond motifs is 1. The topological polar surface area (TPSA) is 54.2 Å². The summed E-state index contributed by atoms with van der Waals surface area (Å²) >= 11 is 1.60. The van der Waals surface area contributed by atoms with Crippen LogP contribution in [-0.2, 0) is 11.8 Å². The van der Waals surface area contributed by atoms with Crippen molar-refractivity contribution >= 4 is 16.3 Å². The number of furan rings is 1. The molecule has 4 nitrogen and oxygen atoms in total. The van der Waals surface area contributed by atoms with Crippen molar-refractivity contribution in [3.05, 3.63) is 35.2 Å². The van der Waals surface area contributed by atoms with E-state index in [4.69, 9.17) is 9.68 Å². The number of nitrogens with zero attached hydrogens (tertiary/aromatic N) is 3. The van der Waals surface area contributed by atoms with E-state index in [2.05, 4.69) is 41.6 Å². The lowest BCUT2D eigenvalue weighted by Crippen LogP contribution is -2.15. The summed E-state index contributed by atoms with van der Waals surface area (Å²) in [6, 6.07) is 5.95. The molecule has 0 amide bonds. The maximum atomic E-state index is 9.13. The van der Waals surface area contributed by atoms with Crippen molar-refractivity contribution in [1.29, 1.82) is 5.26 Å². The molecule has 20 heavy (non-hydrogen) atoms. The number of nitriles is 1. The highest BCUT2D eigenvalue weighted by Crippen LogP contribution is 2.33. The van der Waals surface area contributed by atoms with E-state index in [9.17, 15) is 0 Å².